The fraction of sp³-hybridized carbons (Fsp3) is 0.286. The Bertz CT molecular complexity index is 562. The Hall–Kier alpha value is -2.14. The largest absolute Gasteiger partial charge is 0.330 e. The summed E-state index contributed by atoms with van der Waals surface area (Å²) in [6.07, 6.45) is 3.74. The molecule has 19 heavy (non-hydrogen) atoms. The summed E-state index contributed by atoms with van der Waals surface area (Å²) >= 11 is 0. The molecule has 0 radical (unpaired) electrons. The summed E-state index contributed by atoms with van der Waals surface area (Å²) in [6, 6.07) is 7.70. The predicted molar refractivity (Wildman–Crippen MR) is 75.9 cm³/mol. The van der Waals surface area contributed by atoms with Crippen LogP contribution in [0.1, 0.15) is 6.92 Å². The molecule has 0 saturated carbocycles. The first kappa shape index (κ1) is 13.3. The van der Waals surface area contributed by atoms with E-state index in [0.717, 1.165) is 30.2 Å². The zero-order valence-electron chi connectivity index (χ0n) is 11.2. The maximum absolute atomic E-state index is 11.1. The van der Waals surface area contributed by atoms with Crippen molar-refractivity contribution >= 4 is 11.6 Å². The van der Waals surface area contributed by atoms with Crippen molar-refractivity contribution in [3.8, 4) is 11.4 Å². The quantitative estimate of drug-likeness (QED) is 0.858. The minimum atomic E-state index is -0.0734. The second-order valence-corrected chi connectivity index (χ2v) is 4.31. The molecule has 1 aromatic carbocycles. The zero-order valence-corrected chi connectivity index (χ0v) is 11.2. The van der Waals surface area contributed by atoms with Crippen LogP contribution in [0.2, 0.25) is 0 Å². The molecule has 2 rings (SSSR count). The molecule has 5 nitrogen and oxygen atoms in total. The van der Waals surface area contributed by atoms with E-state index < -0.39 is 0 Å². The lowest BCUT2D eigenvalue weighted by atomic mass is 10.2. The second-order valence-electron chi connectivity index (χ2n) is 4.31. The molecule has 0 atom stereocenters. The molecule has 0 aliphatic heterocycles. The molecular formula is C14H18N4O. The molecule has 5 heteroatoms. The molecule has 2 N–H and O–H groups in total. The second kappa shape index (κ2) is 6.15. The van der Waals surface area contributed by atoms with Gasteiger partial charge in [-0.25, -0.2) is 4.98 Å². The number of imidazole rings is 1. The Labute approximate surface area is 112 Å². The molecule has 0 saturated heterocycles. The van der Waals surface area contributed by atoms with Gasteiger partial charge in [0.1, 0.15) is 5.82 Å². The Balaban J connectivity index is 2.26. The van der Waals surface area contributed by atoms with Crippen LogP contribution in [-0.2, 0) is 11.3 Å². The monoisotopic (exact) mass is 258 g/mol. The molecule has 100 valence electrons. The highest BCUT2D eigenvalue weighted by Gasteiger charge is 2.06. The van der Waals surface area contributed by atoms with Crippen molar-refractivity contribution in [1.82, 2.24) is 14.9 Å². The summed E-state index contributed by atoms with van der Waals surface area (Å²) in [6.45, 7) is 3.24. The third-order valence-corrected chi connectivity index (χ3v) is 2.76. The lowest BCUT2D eigenvalue weighted by Gasteiger charge is -2.09. The third kappa shape index (κ3) is 3.42. The first-order chi connectivity index (χ1) is 9.20. The number of aromatic nitrogens is 2. The number of carbonyl (C=O) groups excluding carboxylic acids is 1. The van der Waals surface area contributed by atoms with E-state index in [2.05, 4.69) is 20.2 Å². The Morgan fingerprint density at radius 1 is 1.42 bits per heavy atom. The van der Waals surface area contributed by atoms with Crippen molar-refractivity contribution in [2.24, 2.45) is 0 Å². The zero-order chi connectivity index (χ0) is 13.7. The molecular weight excluding hydrogens is 240 g/mol. The van der Waals surface area contributed by atoms with Gasteiger partial charge in [0.25, 0.3) is 0 Å². The van der Waals surface area contributed by atoms with Gasteiger partial charge < -0.3 is 15.2 Å². The predicted octanol–water partition coefficient (Wildman–Crippen LogP) is 1.73. The molecule has 1 heterocycles. The topological polar surface area (TPSA) is 59.0 Å². The maximum Gasteiger partial charge on any atom is 0.221 e. The van der Waals surface area contributed by atoms with E-state index in [4.69, 9.17) is 0 Å². The van der Waals surface area contributed by atoms with Gasteiger partial charge in [-0.3, -0.25) is 4.79 Å². The molecule has 1 amide bonds. The molecule has 0 bridgehead atoms. The van der Waals surface area contributed by atoms with Crippen LogP contribution in [0.5, 0.6) is 0 Å². The average molecular weight is 258 g/mol. The normalized spacial score (nSPS) is 10.4. The fourth-order valence-electron chi connectivity index (χ4n) is 1.92. The van der Waals surface area contributed by atoms with Crippen molar-refractivity contribution in [3.05, 3.63) is 36.7 Å². The summed E-state index contributed by atoms with van der Waals surface area (Å²) in [7, 11) is 1.92. The van der Waals surface area contributed by atoms with Crippen molar-refractivity contribution in [3.63, 3.8) is 0 Å². The van der Waals surface area contributed by atoms with E-state index in [9.17, 15) is 4.79 Å². The van der Waals surface area contributed by atoms with E-state index in [1.54, 1.807) is 6.20 Å². The van der Waals surface area contributed by atoms with Crippen LogP contribution in [-0.4, -0.2) is 29.1 Å². The lowest BCUT2D eigenvalue weighted by molar-refractivity contribution is -0.114. The molecule has 0 aliphatic carbocycles. The van der Waals surface area contributed by atoms with Crippen molar-refractivity contribution in [1.29, 1.82) is 0 Å². The van der Waals surface area contributed by atoms with Gasteiger partial charge in [-0.1, -0.05) is 12.1 Å². The number of anilines is 1. The van der Waals surface area contributed by atoms with Gasteiger partial charge in [0, 0.05) is 43.7 Å². The van der Waals surface area contributed by atoms with Crippen molar-refractivity contribution in [2.75, 3.05) is 18.9 Å². The molecule has 0 spiro atoms. The first-order valence-corrected chi connectivity index (χ1v) is 6.24. The summed E-state index contributed by atoms with van der Waals surface area (Å²) in [5.41, 5.74) is 1.78. The number of hydrogen-bond donors (Lipinski definition) is 2. The van der Waals surface area contributed by atoms with Crippen LogP contribution in [0.3, 0.4) is 0 Å². The van der Waals surface area contributed by atoms with Gasteiger partial charge in [-0.15, -0.1) is 0 Å². The van der Waals surface area contributed by atoms with Gasteiger partial charge in [0.2, 0.25) is 5.91 Å². The number of nitrogens with zero attached hydrogens (tertiary/aromatic N) is 2. The van der Waals surface area contributed by atoms with Crippen molar-refractivity contribution < 1.29 is 4.79 Å². The number of rotatable bonds is 5. The molecule has 2 aromatic rings. The van der Waals surface area contributed by atoms with Gasteiger partial charge >= 0.3 is 0 Å². The van der Waals surface area contributed by atoms with Crippen LogP contribution >= 0.6 is 0 Å². The Kier molecular flexibility index (Phi) is 4.30. The number of amides is 1. The third-order valence-electron chi connectivity index (χ3n) is 2.76. The van der Waals surface area contributed by atoms with E-state index in [1.165, 1.54) is 6.92 Å². The van der Waals surface area contributed by atoms with E-state index in [1.807, 2.05) is 37.5 Å². The first-order valence-electron chi connectivity index (χ1n) is 6.24. The summed E-state index contributed by atoms with van der Waals surface area (Å²) < 4.78 is 2.09. The molecule has 0 unspecified atom stereocenters. The van der Waals surface area contributed by atoms with Crippen LogP contribution in [0.15, 0.2) is 36.7 Å². The smallest absolute Gasteiger partial charge is 0.221 e. The highest BCUT2D eigenvalue weighted by molar-refractivity contribution is 5.89. The minimum Gasteiger partial charge on any atom is -0.330 e. The lowest BCUT2D eigenvalue weighted by Crippen LogP contribution is -2.15. The summed E-state index contributed by atoms with van der Waals surface area (Å²) in [4.78, 5) is 15.5. The fourth-order valence-corrected chi connectivity index (χ4v) is 1.92. The number of nitrogens with one attached hydrogen (secondary N) is 2. The van der Waals surface area contributed by atoms with Gasteiger partial charge in [-0.05, 0) is 19.2 Å². The highest BCUT2D eigenvalue weighted by atomic mass is 16.1. The van der Waals surface area contributed by atoms with Crippen LogP contribution < -0.4 is 10.6 Å². The maximum atomic E-state index is 11.1. The number of likely N-dealkylation sites (N-methyl/N-ethyl adjacent to an activating group) is 1. The number of carbonyl (C=O) groups is 1. The molecule has 0 aliphatic rings. The van der Waals surface area contributed by atoms with E-state index in [-0.39, 0.29) is 5.91 Å². The van der Waals surface area contributed by atoms with Crippen molar-refractivity contribution in [2.45, 2.75) is 13.5 Å². The molecule has 0 fully saturated rings. The standard InChI is InChI=1S/C14H18N4O/c1-11(19)17-13-5-3-4-12(10-13)14-16-7-9-18(14)8-6-15-2/h3-5,7,9-10,15H,6,8H2,1-2H3,(H,17,19). The average Bonchev–Trinajstić information content (AvgIpc) is 2.84. The minimum absolute atomic E-state index is 0.0734. The van der Waals surface area contributed by atoms with Crippen LogP contribution in [0, 0.1) is 0 Å². The van der Waals surface area contributed by atoms with E-state index in [0.29, 0.717) is 0 Å². The number of hydrogen-bond acceptors (Lipinski definition) is 3. The summed E-state index contributed by atoms with van der Waals surface area (Å²) in [5, 5.41) is 5.90. The van der Waals surface area contributed by atoms with Gasteiger partial charge in [-0.2, -0.15) is 0 Å². The van der Waals surface area contributed by atoms with Gasteiger partial charge in [0.15, 0.2) is 0 Å². The van der Waals surface area contributed by atoms with E-state index >= 15 is 0 Å². The highest BCUT2D eigenvalue weighted by Crippen LogP contribution is 2.21. The Morgan fingerprint density at radius 2 is 2.26 bits per heavy atom. The summed E-state index contributed by atoms with van der Waals surface area (Å²) in [5.74, 6) is 0.832. The van der Waals surface area contributed by atoms with Crippen LogP contribution in [0.25, 0.3) is 11.4 Å². The van der Waals surface area contributed by atoms with Gasteiger partial charge in [0.05, 0.1) is 0 Å². The Morgan fingerprint density at radius 3 is 3.00 bits per heavy atom. The van der Waals surface area contributed by atoms with Crippen LogP contribution in [0.4, 0.5) is 5.69 Å². The SMILES string of the molecule is CNCCn1ccnc1-c1cccc(NC(C)=O)c1. The number of benzene rings is 1. The molecule has 1 aromatic heterocycles.